The Hall–Kier alpha value is -3.22. The molecule has 2 fully saturated rings. The van der Waals surface area contributed by atoms with Crippen LogP contribution in [0.25, 0.3) is 0 Å². The lowest BCUT2D eigenvalue weighted by Crippen LogP contribution is -2.62. The van der Waals surface area contributed by atoms with Gasteiger partial charge in [-0.25, -0.2) is 4.98 Å². The molecule has 2 aliphatic rings. The van der Waals surface area contributed by atoms with Crippen molar-refractivity contribution < 1.29 is 19.2 Å². The quantitative estimate of drug-likeness (QED) is 0.181. The summed E-state index contributed by atoms with van der Waals surface area (Å²) in [5.41, 5.74) is 6.41. The highest BCUT2D eigenvalue weighted by Gasteiger charge is 2.40. The zero-order valence-corrected chi connectivity index (χ0v) is 26.4. The number of Topliss-reactive ketones (excluding diaryl/α,β-unsaturated/α-hetero) is 1. The number of thiazole rings is 1. The van der Waals surface area contributed by atoms with E-state index in [1.54, 1.807) is 33.4 Å². The summed E-state index contributed by atoms with van der Waals surface area (Å²) < 4.78 is 0. The lowest BCUT2D eigenvalue weighted by atomic mass is 9.90. The number of carbonyl (C=O) groups excluding carboxylic acids is 4. The molecule has 14 heteroatoms. The number of benzene rings is 1. The standard InChI is InChI=1S/C29H37Cl2N7O4S/c1-2-3-9-36-17-25(40)38(23(28(36)42)14-18-6-7-20(30)21(31)12-18)16-24(39)35-22(26(41)27-34-8-11-43-27)13-19-5-4-10-37(15-19)29(32)33/h6-8,11-12,19,22-23H,2-5,9-10,13-17H2,1H3,(H3,32,33)(H,35,39)/t19-,22?,23+/m0/s1. The lowest BCUT2D eigenvalue weighted by Gasteiger charge is -2.40. The Balaban J connectivity index is 1.53. The number of likely N-dealkylation sites (tertiary alicyclic amines) is 1. The van der Waals surface area contributed by atoms with Crippen LogP contribution in [0.5, 0.6) is 0 Å². The van der Waals surface area contributed by atoms with Crippen molar-refractivity contribution in [2.75, 3.05) is 32.7 Å². The number of ketones is 1. The van der Waals surface area contributed by atoms with E-state index in [1.165, 1.54) is 22.4 Å². The van der Waals surface area contributed by atoms with Crippen LogP contribution < -0.4 is 11.1 Å². The van der Waals surface area contributed by atoms with Crippen molar-refractivity contribution in [3.8, 4) is 0 Å². The second-order valence-electron chi connectivity index (χ2n) is 11.0. The molecule has 0 bridgehead atoms. The van der Waals surface area contributed by atoms with Crippen LogP contribution in [-0.4, -0.2) is 94.0 Å². The number of amides is 3. The molecule has 11 nitrogen and oxygen atoms in total. The van der Waals surface area contributed by atoms with Gasteiger partial charge in [-0.2, -0.15) is 0 Å². The number of aromatic nitrogens is 1. The third-order valence-corrected chi connectivity index (χ3v) is 9.38. The minimum atomic E-state index is -0.920. The maximum Gasteiger partial charge on any atom is 0.246 e. The van der Waals surface area contributed by atoms with E-state index < -0.39 is 18.0 Å². The number of nitrogens with one attached hydrogen (secondary N) is 2. The number of nitrogens with zero attached hydrogens (tertiary/aromatic N) is 4. The molecule has 43 heavy (non-hydrogen) atoms. The monoisotopic (exact) mass is 649 g/mol. The molecule has 3 heterocycles. The van der Waals surface area contributed by atoms with Gasteiger partial charge in [-0.3, -0.25) is 24.6 Å². The Morgan fingerprint density at radius 3 is 2.72 bits per heavy atom. The Kier molecular flexibility index (Phi) is 11.4. The van der Waals surface area contributed by atoms with Crippen molar-refractivity contribution in [3.05, 3.63) is 50.4 Å². The van der Waals surface area contributed by atoms with Gasteiger partial charge in [-0.05, 0) is 49.3 Å². The summed E-state index contributed by atoms with van der Waals surface area (Å²) >= 11 is 13.5. The third-order valence-electron chi connectivity index (χ3n) is 7.85. The molecule has 2 saturated heterocycles. The highest BCUT2D eigenvalue weighted by atomic mass is 35.5. The summed E-state index contributed by atoms with van der Waals surface area (Å²) in [6.07, 6.45) is 5.26. The number of piperidine rings is 1. The molecular weight excluding hydrogens is 613 g/mol. The van der Waals surface area contributed by atoms with Crippen LogP contribution in [0.15, 0.2) is 29.8 Å². The highest BCUT2D eigenvalue weighted by Crippen LogP contribution is 2.26. The highest BCUT2D eigenvalue weighted by molar-refractivity contribution is 7.11. The number of rotatable bonds is 12. The van der Waals surface area contributed by atoms with Gasteiger partial charge in [0.15, 0.2) is 11.0 Å². The lowest BCUT2D eigenvalue weighted by molar-refractivity contribution is -0.157. The van der Waals surface area contributed by atoms with Crippen LogP contribution in [0.2, 0.25) is 10.0 Å². The molecule has 1 unspecified atom stereocenters. The minimum absolute atomic E-state index is 0.0135. The van der Waals surface area contributed by atoms with E-state index in [1.807, 2.05) is 6.92 Å². The average Bonchev–Trinajstić information content (AvgIpc) is 3.52. The molecule has 2 aromatic rings. The summed E-state index contributed by atoms with van der Waals surface area (Å²) in [4.78, 5) is 62.7. The fraction of sp³-hybridized carbons (Fsp3) is 0.517. The van der Waals surface area contributed by atoms with Crippen LogP contribution in [0.4, 0.5) is 0 Å². The van der Waals surface area contributed by atoms with Gasteiger partial charge in [-0.1, -0.05) is 42.6 Å². The maximum atomic E-state index is 13.6. The molecule has 0 spiro atoms. The van der Waals surface area contributed by atoms with Crippen LogP contribution in [0, 0.1) is 11.3 Å². The summed E-state index contributed by atoms with van der Waals surface area (Å²) in [6, 6.07) is 3.22. The predicted octanol–water partition coefficient (Wildman–Crippen LogP) is 3.20. The first-order valence-electron chi connectivity index (χ1n) is 14.4. The van der Waals surface area contributed by atoms with Gasteiger partial charge in [0, 0.05) is 37.6 Å². The Bertz CT molecular complexity index is 1340. The number of hydrogen-bond acceptors (Lipinski definition) is 7. The van der Waals surface area contributed by atoms with Crippen LogP contribution in [0.3, 0.4) is 0 Å². The van der Waals surface area contributed by atoms with Gasteiger partial charge in [0.1, 0.15) is 12.6 Å². The second-order valence-corrected chi connectivity index (χ2v) is 12.7. The summed E-state index contributed by atoms with van der Waals surface area (Å²) in [6.45, 7) is 3.13. The molecule has 4 rings (SSSR count). The smallest absolute Gasteiger partial charge is 0.246 e. The average molecular weight is 651 g/mol. The van der Waals surface area contributed by atoms with E-state index in [9.17, 15) is 19.2 Å². The van der Waals surface area contributed by atoms with Crippen molar-refractivity contribution in [1.82, 2.24) is 25.0 Å². The van der Waals surface area contributed by atoms with Crippen molar-refractivity contribution in [1.29, 1.82) is 5.41 Å². The normalized spacial score (nSPS) is 19.8. The van der Waals surface area contributed by atoms with Crippen molar-refractivity contribution in [3.63, 3.8) is 0 Å². The van der Waals surface area contributed by atoms with Crippen LogP contribution in [0.1, 0.15) is 54.4 Å². The molecule has 0 aliphatic carbocycles. The molecular formula is C29H37Cl2N7O4S. The first kappa shape index (κ1) is 32.7. The fourth-order valence-electron chi connectivity index (χ4n) is 5.60. The van der Waals surface area contributed by atoms with Gasteiger partial charge in [0.25, 0.3) is 0 Å². The van der Waals surface area contributed by atoms with E-state index in [2.05, 4.69) is 10.3 Å². The molecule has 1 aromatic heterocycles. The van der Waals surface area contributed by atoms with Gasteiger partial charge in [0.05, 0.1) is 22.6 Å². The largest absolute Gasteiger partial charge is 0.370 e. The van der Waals surface area contributed by atoms with Gasteiger partial charge in [0.2, 0.25) is 23.5 Å². The number of piperazine rings is 1. The number of nitrogens with two attached hydrogens (primary N) is 1. The second kappa shape index (κ2) is 15.0. The number of carbonyl (C=O) groups is 4. The van der Waals surface area contributed by atoms with E-state index in [-0.39, 0.29) is 54.0 Å². The molecule has 232 valence electrons. The third kappa shape index (κ3) is 8.45. The van der Waals surface area contributed by atoms with Crippen molar-refractivity contribution in [2.45, 2.75) is 57.5 Å². The zero-order chi connectivity index (χ0) is 31.1. The molecule has 3 atom stereocenters. The van der Waals surface area contributed by atoms with Crippen LogP contribution in [-0.2, 0) is 20.8 Å². The molecule has 1 aromatic carbocycles. The number of hydrogen-bond donors (Lipinski definition) is 3. The van der Waals surface area contributed by atoms with Gasteiger partial charge < -0.3 is 25.8 Å². The molecule has 0 saturated carbocycles. The first-order chi connectivity index (χ1) is 20.6. The topological polar surface area (TPSA) is 153 Å². The number of unbranched alkanes of at least 4 members (excludes halogenated alkanes) is 1. The Morgan fingerprint density at radius 1 is 1.26 bits per heavy atom. The van der Waals surface area contributed by atoms with E-state index in [0.717, 1.165) is 25.7 Å². The predicted molar refractivity (Wildman–Crippen MR) is 166 cm³/mol. The number of halogens is 2. The SMILES string of the molecule is CCCCN1CC(=O)N(CC(=O)NC(C[C@@H]2CCCN(C(=N)N)C2)C(=O)c2nccs2)[C@H](Cc2ccc(Cl)c(Cl)c2)C1=O. The summed E-state index contributed by atoms with van der Waals surface area (Å²) in [5, 5.41) is 13.3. The minimum Gasteiger partial charge on any atom is -0.370 e. The molecule has 3 amide bonds. The van der Waals surface area contributed by atoms with Crippen molar-refractivity contribution in [2.24, 2.45) is 11.7 Å². The Morgan fingerprint density at radius 2 is 2.05 bits per heavy atom. The molecule has 4 N–H and O–H groups in total. The summed E-state index contributed by atoms with van der Waals surface area (Å²) in [7, 11) is 0. The molecule has 0 radical (unpaired) electrons. The van der Waals surface area contributed by atoms with E-state index >= 15 is 0 Å². The van der Waals surface area contributed by atoms with Crippen LogP contribution >= 0.6 is 34.5 Å². The zero-order valence-electron chi connectivity index (χ0n) is 24.1. The van der Waals surface area contributed by atoms with E-state index in [4.69, 9.17) is 34.3 Å². The fourth-order valence-corrected chi connectivity index (χ4v) is 6.56. The Labute approximate surface area is 265 Å². The van der Waals surface area contributed by atoms with Gasteiger partial charge >= 0.3 is 0 Å². The first-order valence-corrected chi connectivity index (χ1v) is 16.0. The van der Waals surface area contributed by atoms with Crippen molar-refractivity contribution >= 4 is 64.0 Å². The van der Waals surface area contributed by atoms with E-state index in [0.29, 0.717) is 41.7 Å². The number of guanidine groups is 1. The van der Waals surface area contributed by atoms with Gasteiger partial charge in [-0.15, -0.1) is 11.3 Å². The summed E-state index contributed by atoms with van der Waals surface area (Å²) in [5.74, 6) is -1.46. The maximum absolute atomic E-state index is 13.6. The molecule has 2 aliphatic heterocycles.